The number of phenols is 1. The van der Waals surface area contributed by atoms with Crippen molar-refractivity contribution in [3.63, 3.8) is 0 Å². The number of benzene rings is 2. The Kier molecular flexibility index (Phi) is 4.56. The van der Waals surface area contributed by atoms with Gasteiger partial charge in [0.15, 0.2) is 12.4 Å². The first-order valence-corrected chi connectivity index (χ1v) is 6.23. The third kappa shape index (κ3) is 3.82. The number of ketones is 1. The Balaban J connectivity index is 2.02. The molecule has 0 radical (unpaired) electrons. The Hall–Kier alpha value is -2.82. The maximum Gasteiger partial charge on any atom is 0.338 e. The summed E-state index contributed by atoms with van der Waals surface area (Å²) in [5, 5.41) is 9.47. The van der Waals surface area contributed by atoms with Crippen molar-refractivity contribution in [1.82, 2.24) is 0 Å². The Labute approximate surface area is 121 Å². The molecule has 0 aliphatic heterocycles. The molecule has 21 heavy (non-hydrogen) atoms. The molecular formula is C16H14O5. The SMILES string of the molecule is COc1cc(O)cc(C(=O)OCC(=O)c2ccccc2)c1. The number of hydrogen-bond acceptors (Lipinski definition) is 5. The quantitative estimate of drug-likeness (QED) is 0.675. The summed E-state index contributed by atoms with van der Waals surface area (Å²) in [6, 6.07) is 12.6. The van der Waals surface area contributed by atoms with Crippen molar-refractivity contribution in [2.45, 2.75) is 0 Å². The van der Waals surface area contributed by atoms with Crippen LogP contribution < -0.4 is 4.74 Å². The van der Waals surface area contributed by atoms with Crippen molar-refractivity contribution >= 4 is 11.8 Å². The first-order valence-electron chi connectivity index (χ1n) is 6.23. The molecule has 0 amide bonds. The van der Waals surface area contributed by atoms with Gasteiger partial charge in [-0.1, -0.05) is 30.3 Å². The molecule has 0 aliphatic carbocycles. The van der Waals surface area contributed by atoms with E-state index in [2.05, 4.69) is 0 Å². The molecule has 0 fully saturated rings. The third-order valence-corrected chi connectivity index (χ3v) is 2.79. The van der Waals surface area contributed by atoms with Gasteiger partial charge in [-0.05, 0) is 12.1 Å². The van der Waals surface area contributed by atoms with E-state index in [1.807, 2.05) is 0 Å². The zero-order valence-electron chi connectivity index (χ0n) is 11.4. The summed E-state index contributed by atoms with van der Waals surface area (Å²) >= 11 is 0. The van der Waals surface area contributed by atoms with Gasteiger partial charge in [0.2, 0.25) is 0 Å². The highest BCUT2D eigenvalue weighted by Crippen LogP contribution is 2.22. The zero-order valence-corrected chi connectivity index (χ0v) is 11.4. The lowest BCUT2D eigenvalue weighted by Crippen LogP contribution is -2.14. The van der Waals surface area contributed by atoms with Crippen LogP contribution >= 0.6 is 0 Å². The highest BCUT2D eigenvalue weighted by Gasteiger charge is 2.13. The standard InChI is InChI=1S/C16H14O5/c1-20-14-8-12(7-13(17)9-14)16(19)21-10-15(18)11-5-3-2-4-6-11/h2-9,17H,10H2,1H3. The van der Waals surface area contributed by atoms with E-state index in [0.29, 0.717) is 11.3 Å². The van der Waals surface area contributed by atoms with E-state index >= 15 is 0 Å². The van der Waals surface area contributed by atoms with E-state index in [9.17, 15) is 14.7 Å². The average molecular weight is 286 g/mol. The van der Waals surface area contributed by atoms with Gasteiger partial charge < -0.3 is 14.6 Å². The highest BCUT2D eigenvalue weighted by molar-refractivity contribution is 5.99. The van der Waals surface area contributed by atoms with Crippen molar-refractivity contribution < 1.29 is 24.2 Å². The minimum absolute atomic E-state index is 0.115. The monoisotopic (exact) mass is 286 g/mol. The minimum atomic E-state index is -0.700. The van der Waals surface area contributed by atoms with Gasteiger partial charge in [-0.2, -0.15) is 0 Å². The van der Waals surface area contributed by atoms with Crippen molar-refractivity contribution in [1.29, 1.82) is 0 Å². The topological polar surface area (TPSA) is 72.8 Å². The molecule has 108 valence electrons. The van der Waals surface area contributed by atoms with Crippen LogP contribution in [0.2, 0.25) is 0 Å². The van der Waals surface area contributed by atoms with Gasteiger partial charge in [0.05, 0.1) is 12.7 Å². The van der Waals surface area contributed by atoms with Crippen LogP contribution in [0.3, 0.4) is 0 Å². The fourth-order valence-electron chi connectivity index (χ4n) is 1.74. The van der Waals surface area contributed by atoms with E-state index < -0.39 is 5.97 Å². The van der Waals surface area contributed by atoms with Crippen LogP contribution in [-0.4, -0.2) is 30.6 Å². The molecule has 0 spiro atoms. The lowest BCUT2D eigenvalue weighted by Gasteiger charge is -2.07. The summed E-state index contributed by atoms with van der Waals surface area (Å²) in [5.74, 6) is -0.781. The van der Waals surface area contributed by atoms with E-state index in [-0.39, 0.29) is 23.7 Å². The molecule has 0 unspecified atom stereocenters. The summed E-state index contributed by atoms with van der Waals surface area (Å²) in [6.45, 7) is -0.360. The first-order chi connectivity index (χ1) is 10.1. The molecule has 0 atom stereocenters. The summed E-state index contributed by atoms with van der Waals surface area (Å²) in [5.41, 5.74) is 0.589. The van der Waals surface area contributed by atoms with Crippen molar-refractivity contribution in [3.05, 3.63) is 59.7 Å². The number of methoxy groups -OCH3 is 1. The molecule has 2 aromatic carbocycles. The molecule has 1 N–H and O–H groups in total. The van der Waals surface area contributed by atoms with Crippen LogP contribution in [-0.2, 0) is 4.74 Å². The van der Waals surface area contributed by atoms with Crippen LogP contribution in [0.5, 0.6) is 11.5 Å². The second-order valence-electron chi connectivity index (χ2n) is 4.29. The van der Waals surface area contributed by atoms with Gasteiger partial charge in [0.25, 0.3) is 0 Å². The number of hydrogen-bond donors (Lipinski definition) is 1. The molecule has 2 aromatic rings. The summed E-state index contributed by atoms with van der Waals surface area (Å²) in [4.78, 5) is 23.7. The average Bonchev–Trinajstić information content (AvgIpc) is 2.52. The fourth-order valence-corrected chi connectivity index (χ4v) is 1.74. The Morgan fingerprint density at radius 1 is 1.05 bits per heavy atom. The molecule has 5 nitrogen and oxygen atoms in total. The molecule has 0 aliphatic rings. The molecule has 2 rings (SSSR count). The number of phenolic OH excluding ortho intramolecular Hbond substituents is 1. The van der Waals surface area contributed by atoms with Crippen LogP contribution in [0, 0.1) is 0 Å². The molecule has 0 saturated carbocycles. The number of aromatic hydroxyl groups is 1. The number of carbonyl (C=O) groups excluding carboxylic acids is 2. The summed E-state index contributed by atoms with van der Waals surface area (Å²) < 4.78 is 9.89. The lowest BCUT2D eigenvalue weighted by atomic mass is 10.1. The van der Waals surface area contributed by atoms with Crippen LogP contribution in [0.1, 0.15) is 20.7 Å². The van der Waals surface area contributed by atoms with Crippen molar-refractivity contribution in [3.8, 4) is 11.5 Å². The fraction of sp³-hybridized carbons (Fsp3) is 0.125. The van der Waals surface area contributed by atoms with Crippen LogP contribution in [0.4, 0.5) is 0 Å². The molecule has 0 bridgehead atoms. The first kappa shape index (κ1) is 14.6. The van der Waals surface area contributed by atoms with Gasteiger partial charge in [0.1, 0.15) is 11.5 Å². The predicted octanol–water partition coefficient (Wildman–Crippen LogP) is 2.44. The summed E-state index contributed by atoms with van der Waals surface area (Å²) in [6.07, 6.45) is 0. The largest absolute Gasteiger partial charge is 0.508 e. The van der Waals surface area contributed by atoms with Gasteiger partial charge >= 0.3 is 5.97 Å². The highest BCUT2D eigenvalue weighted by atomic mass is 16.5. The number of esters is 1. The summed E-state index contributed by atoms with van der Waals surface area (Å²) in [7, 11) is 1.42. The van der Waals surface area contributed by atoms with Gasteiger partial charge in [-0.25, -0.2) is 4.79 Å². The van der Waals surface area contributed by atoms with Crippen molar-refractivity contribution in [2.24, 2.45) is 0 Å². The zero-order chi connectivity index (χ0) is 15.2. The number of rotatable bonds is 5. The van der Waals surface area contributed by atoms with E-state index in [0.717, 1.165) is 0 Å². The van der Waals surface area contributed by atoms with Gasteiger partial charge in [0, 0.05) is 11.6 Å². The predicted molar refractivity (Wildman–Crippen MR) is 75.7 cm³/mol. The smallest absolute Gasteiger partial charge is 0.338 e. The van der Waals surface area contributed by atoms with E-state index in [1.165, 1.54) is 25.3 Å². The van der Waals surface area contributed by atoms with Crippen LogP contribution in [0.25, 0.3) is 0 Å². The molecule has 0 saturated heterocycles. The van der Waals surface area contributed by atoms with E-state index in [1.54, 1.807) is 30.3 Å². The molecular weight excluding hydrogens is 272 g/mol. The van der Waals surface area contributed by atoms with Gasteiger partial charge in [-0.3, -0.25) is 4.79 Å². The Morgan fingerprint density at radius 2 is 1.76 bits per heavy atom. The second-order valence-corrected chi connectivity index (χ2v) is 4.29. The van der Waals surface area contributed by atoms with Crippen molar-refractivity contribution in [2.75, 3.05) is 13.7 Å². The maximum absolute atomic E-state index is 11.9. The third-order valence-electron chi connectivity index (χ3n) is 2.79. The van der Waals surface area contributed by atoms with Gasteiger partial charge in [-0.15, -0.1) is 0 Å². The second kappa shape index (κ2) is 6.56. The maximum atomic E-state index is 11.9. The van der Waals surface area contributed by atoms with E-state index in [4.69, 9.17) is 9.47 Å². The normalized spacial score (nSPS) is 9.95. The number of carbonyl (C=O) groups is 2. The Bertz CT molecular complexity index is 649. The molecule has 0 aromatic heterocycles. The molecule has 0 heterocycles. The molecule has 5 heteroatoms. The van der Waals surface area contributed by atoms with Crippen LogP contribution in [0.15, 0.2) is 48.5 Å². The Morgan fingerprint density at radius 3 is 2.43 bits per heavy atom. The number of ether oxygens (including phenoxy) is 2. The lowest BCUT2D eigenvalue weighted by molar-refractivity contribution is 0.0474. The minimum Gasteiger partial charge on any atom is -0.508 e. The number of Topliss-reactive ketones (excluding diaryl/α,β-unsaturated/α-hetero) is 1.